The second-order valence-corrected chi connectivity index (χ2v) is 9.96. The number of benzene rings is 2. The summed E-state index contributed by atoms with van der Waals surface area (Å²) in [4.78, 5) is 37.4. The Balaban J connectivity index is 2.33. The first kappa shape index (κ1) is 31.7. The van der Waals surface area contributed by atoms with Gasteiger partial charge < -0.3 is 19.5 Å². The topological polar surface area (TPSA) is 90.9 Å². The van der Waals surface area contributed by atoms with E-state index in [4.69, 9.17) is 9.47 Å². The Morgan fingerprint density at radius 1 is 0.897 bits per heavy atom. The maximum atomic E-state index is 13.4. The Kier molecular flexibility index (Phi) is 11.4. The van der Waals surface area contributed by atoms with Crippen LogP contribution in [0.25, 0.3) is 0 Å². The molecular formula is C29H36F3NO6. The average Bonchev–Trinajstić information content (AvgIpc) is 2.83. The van der Waals surface area contributed by atoms with Crippen molar-refractivity contribution in [1.82, 2.24) is 5.32 Å². The molecule has 214 valence electrons. The van der Waals surface area contributed by atoms with Gasteiger partial charge in [-0.3, -0.25) is 14.4 Å². The number of hydrogen-bond donors (Lipinski definition) is 1. The van der Waals surface area contributed by atoms with Crippen LogP contribution in [0.5, 0.6) is 5.75 Å². The fourth-order valence-electron chi connectivity index (χ4n) is 4.11. The Bertz CT molecular complexity index is 1090. The Morgan fingerprint density at radius 2 is 1.49 bits per heavy atom. The number of amides is 1. The molecule has 7 nitrogen and oxygen atoms in total. The summed E-state index contributed by atoms with van der Waals surface area (Å²) in [6, 6.07) is 12.0. The van der Waals surface area contributed by atoms with Crippen LogP contribution in [0.15, 0.2) is 48.5 Å². The fraction of sp³-hybridized carbons (Fsp3) is 0.483. The predicted molar refractivity (Wildman–Crippen MR) is 139 cm³/mol. The van der Waals surface area contributed by atoms with Gasteiger partial charge in [-0.2, -0.15) is 0 Å². The lowest BCUT2D eigenvalue weighted by atomic mass is 9.78. The molecule has 0 saturated heterocycles. The zero-order valence-corrected chi connectivity index (χ0v) is 22.9. The van der Waals surface area contributed by atoms with Crippen LogP contribution in [0.2, 0.25) is 0 Å². The lowest BCUT2D eigenvalue weighted by Gasteiger charge is -2.30. The summed E-state index contributed by atoms with van der Waals surface area (Å²) in [6.45, 7) is 9.29. The Labute approximate surface area is 227 Å². The van der Waals surface area contributed by atoms with Gasteiger partial charge in [0, 0.05) is 18.0 Å². The highest BCUT2D eigenvalue weighted by atomic mass is 19.4. The van der Waals surface area contributed by atoms with Crippen molar-refractivity contribution in [3.63, 3.8) is 0 Å². The quantitative estimate of drug-likeness (QED) is 0.313. The minimum absolute atomic E-state index is 0.0562. The molecule has 0 heterocycles. The van der Waals surface area contributed by atoms with Gasteiger partial charge in [0.25, 0.3) is 5.91 Å². The molecular weight excluding hydrogens is 515 g/mol. The van der Waals surface area contributed by atoms with Crippen LogP contribution in [-0.2, 0) is 19.1 Å². The highest BCUT2D eigenvalue weighted by molar-refractivity contribution is 5.94. The summed E-state index contributed by atoms with van der Waals surface area (Å²) in [5, 5.41) is 2.67. The molecule has 1 amide bonds. The van der Waals surface area contributed by atoms with E-state index in [0.717, 1.165) is 12.0 Å². The van der Waals surface area contributed by atoms with E-state index >= 15 is 0 Å². The third kappa shape index (κ3) is 10.6. The molecule has 1 N–H and O–H groups in total. The van der Waals surface area contributed by atoms with Gasteiger partial charge in [0.05, 0.1) is 18.9 Å². The Hall–Kier alpha value is -3.56. The van der Waals surface area contributed by atoms with Crippen LogP contribution >= 0.6 is 0 Å². The number of rotatable bonds is 12. The monoisotopic (exact) mass is 551 g/mol. The molecule has 0 fully saturated rings. The van der Waals surface area contributed by atoms with Crippen LogP contribution in [0, 0.1) is 0 Å². The summed E-state index contributed by atoms with van der Waals surface area (Å²) in [6.07, 6.45) is -3.48. The smallest absolute Gasteiger partial charge is 0.466 e. The van der Waals surface area contributed by atoms with Crippen molar-refractivity contribution >= 4 is 17.8 Å². The molecule has 0 bridgehead atoms. The van der Waals surface area contributed by atoms with Crippen molar-refractivity contribution in [2.75, 3.05) is 13.2 Å². The fourth-order valence-corrected chi connectivity index (χ4v) is 4.11. The van der Waals surface area contributed by atoms with Crippen LogP contribution in [0.4, 0.5) is 13.2 Å². The molecule has 2 rings (SSSR count). The van der Waals surface area contributed by atoms with Crippen LogP contribution in [0.3, 0.4) is 0 Å². The van der Waals surface area contributed by atoms with E-state index in [1.165, 1.54) is 24.3 Å². The Morgan fingerprint density at radius 3 is 2.00 bits per heavy atom. The zero-order chi connectivity index (χ0) is 29.2. The van der Waals surface area contributed by atoms with E-state index in [2.05, 4.69) is 10.1 Å². The highest BCUT2D eigenvalue weighted by Crippen LogP contribution is 2.39. The highest BCUT2D eigenvalue weighted by Gasteiger charge is 2.35. The molecule has 0 aliphatic heterocycles. The number of esters is 2. The summed E-state index contributed by atoms with van der Waals surface area (Å²) < 4.78 is 52.5. The third-order valence-corrected chi connectivity index (χ3v) is 5.66. The number of alkyl halides is 3. The van der Waals surface area contributed by atoms with Gasteiger partial charge in [-0.15, -0.1) is 13.2 Å². The van der Waals surface area contributed by atoms with Gasteiger partial charge in [-0.25, -0.2) is 0 Å². The first-order valence-electron chi connectivity index (χ1n) is 12.9. The molecule has 0 saturated carbocycles. The molecule has 0 aliphatic rings. The van der Waals surface area contributed by atoms with Crippen molar-refractivity contribution in [3.05, 3.63) is 65.2 Å². The number of carbonyl (C=O) groups is 3. The van der Waals surface area contributed by atoms with E-state index in [1.807, 2.05) is 6.92 Å². The minimum Gasteiger partial charge on any atom is -0.466 e. The average molecular weight is 552 g/mol. The van der Waals surface area contributed by atoms with Gasteiger partial charge in [0.15, 0.2) is 0 Å². The van der Waals surface area contributed by atoms with E-state index in [-0.39, 0.29) is 37.1 Å². The molecule has 0 aromatic heterocycles. The van der Waals surface area contributed by atoms with E-state index < -0.39 is 29.8 Å². The summed E-state index contributed by atoms with van der Waals surface area (Å²) >= 11 is 0. The molecule has 2 aromatic carbocycles. The summed E-state index contributed by atoms with van der Waals surface area (Å²) in [5.74, 6) is -2.84. The predicted octanol–water partition coefficient (Wildman–Crippen LogP) is 6.28. The maximum Gasteiger partial charge on any atom is 0.573 e. The number of ether oxygens (including phenoxy) is 3. The standard InChI is InChI=1S/C29H36F3NO6/c1-6-8-23(19-9-11-21(12-10-19)26(35)33-18-17-24(34)37-7-2)25(27(36)39-28(3,4)5)20-13-15-22(16-14-20)38-29(30,31)32/h9-16,23,25H,6-8,17-18H2,1-5H3,(H,33,35)/t23-,25-/m0/s1. The molecule has 0 unspecified atom stereocenters. The van der Waals surface area contributed by atoms with Crippen molar-refractivity contribution in [2.45, 2.75) is 77.7 Å². The van der Waals surface area contributed by atoms with Gasteiger partial charge >= 0.3 is 18.3 Å². The third-order valence-electron chi connectivity index (χ3n) is 5.66. The normalized spacial score (nSPS) is 13.2. The van der Waals surface area contributed by atoms with Gasteiger partial charge in [-0.05, 0) is 69.5 Å². The molecule has 10 heteroatoms. The van der Waals surface area contributed by atoms with Gasteiger partial charge in [0.1, 0.15) is 11.4 Å². The summed E-state index contributed by atoms with van der Waals surface area (Å²) in [7, 11) is 0. The van der Waals surface area contributed by atoms with E-state index in [0.29, 0.717) is 17.5 Å². The molecule has 2 atom stereocenters. The van der Waals surface area contributed by atoms with E-state index in [9.17, 15) is 27.6 Å². The number of halogens is 3. The number of carbonyl (C=O) groups excluding carboxylic acids is 3. The maximum absolute atomic E-state index is 13.4. The summed E-state index contributed by atoms with van der Waals surface area (Å²) in [5.41, 5.74) is 0.849. The van der Waals surface area contributed by atoms with Crippen molar-refractivity contribution < 1.29 is 41.8 Å². The van der Waals surface area contributed by atoms with Crippen LogP contribution in [-0.4, -0.2) is 43.0 Å². The van der Waals surface area contributed by atoms with Crippen molar-refractivity contribution in [2.24, 2.45) is 0 Å². The minimum atomic E-state index is -4.83. The van der Waals surface area contributed by atoms with Gasteiger partial charge in [-0.1, -0.05) is 37.6 Å². The molecule has 0 spiro atoms. The lowest BCUT2D eigenvalue weighted by molar-refractivity contribution is -0.274. The first-order valence-corrected chi connectivity index (χ1v) is 12.9. The lowest BCUT2D eigenvalue weighted by Crippen LogP contribution is -2.31. The first-order chi connectivity index (χ1) is 18.2. The van der Waals surface area contributed by atoms with Crippen molar-refractivity contribution in [3.8, 4) is 5.75 Å². The molecule has 0 aliphatic carbocycles. The van der Waals surface area contributed by atoms with Crippen LogP contribution in [0.1, 0.15) is 87.2 Å². The largest absolute Gasteiger partial charge is 0.573 e. The van der Waals surface area contributed by atoms with E-state index in [1.54, 1.807) is 52.0 Å². The number of nitrogens with one attached hydrogen (secondary N) is 1. The second kappa shape index (κ2) is 14.0. The number of hydrogen-bond acceptors (Lipinski definition) is 6. The van der Waals surface area contributed by atoms with Gasteiger partial charge in [0.2, 0.25) is 0 Å². The second-order valence-electron chi connectivity index (χ2n) is 9.96. The SMILES string of the molecule is CCC[C@@H](c1ccc(C(=O)NCCC(=O)OCC)cc1)[C@@H](C(=O)OC(C)(C)C)c1ccc(OC(F)(F)F)cc1. The molecule has 2 aromatic rings. The van der Waals surface area contributed by atoms with Crippen LogP contribution < -0.4 is 10.1 Å². The van der Waals surface area contributed by atoms with Crippen molar-refractivity contribution in [1.29, 1.82) is 0 Å². The molecule has 39 heavy (non-hydrogen) atoms. The molecule has 0 radical (unpaired) electrons. The zero-order valence-electron chi connectivity index (χ0n) is 22.9.